The van der Waals surface area contributed by atoms with Crippen LogP contribution in [0.4, 0.5) is 5.69 Å². The summed E-state index contributed by atoms with van der Waals surface area (Å²) in [5.74, 6) is -0.322. The molecule has 1 unspecified atom stereocenters. The maximum atomic E-state index is 11.9. The van der Waals surface area contributed by atoms with Crippen LogP contribution in [0, 0.1) is 11.3 Å². The molecule has 0 aliphatic carbocycles. The molecule has 0 fully saturated rings. The van der Waals surface area contributed by atoms with Gasteiger partial charge in [0, 0.05) is 0 Å². The second kappa shape index (κ2) is 6.06. The Kier molecular flexibility index (Phi) is 4.73. The summed E-state index contributed by atoms with van der Waals surface area (Å²) in [6, 6.07) is 9.22. The van der Waals surface area contributed by atoms with E-state index in [1.807, 2.05) is 13.0 Å². The molecule has 0 saturated heterocycles. The molecule has 4 nitrogen and oxygen atoms in total. The largest absolute Gasteiger partial charge is 0.467 e. The van der Waals surface area contributed by atoms with Crippen molar-refractivity contribution in [2.75, 3.05) is 12.4 Å². The summed E-state index contributed by atoms with van der Waals surface area (Å²) in [4.78, 5) is 11.9. The maximum Gasteiger partial charge on any atom is 0.331 e. The first-order valence-corrected chi connectivity index (χ1v) is 5.93. The van der Waals surface area contributed by atoms with Gasteiger partial charge in [0.2, 0.25) is 0 Å². The summed E-state index contributed by atoms with van der Waals surface area (Å²) in [6.07, 6.45) is 1.48. The highest BCUT2D eigenvalue weighted by Crippen LogP contribution is 2.24. The van der Waals surface area contributed by atoms with E-state index in [2.05, 4.69) is 11.4 Å². The molecule has 1 aromatic carbocycles. The van der Waals surface area contributed by atoms with Crippen molar-refractivity contribution in [1.29, 1.82) is 5.26 Å². The lowest BCUT2D eigenvalue weighted by Crippen LogP contribution is -2.44. The minimum atomic E-state index is -0.809. The van der Waals surface area contributed by atoms with Gasteiger partial charge in [0.25, 0.3) is 0 Å². The molecular formula is C14H18N2O2. The smallest absolute Gasteiger partial charge is 0.331 e. The topological polar surface area (TPSA) is 62.1 Å². The van der Waals surface area contributed by atoms with Gasteiger partial charge >= 0.3 is 5.97 Å². The predicted molar refractivity (Wildman–Crippen MR) is 70.1 cm³/mol. The number of ether oxygens (including phenoxy) is 1. The highest BCUT2D eigenvalue weighted by atomic mass is 16.5. The van der Waals surface area contributed by atoms with Gasteiger partial charge in [-0.25, -0.2) is 4.79 Å². The van der Waals surface area contributed by atoms with Crippen molar-refractivity contribution >= 4 is 11.7 Å². The Bertz CT molecular complexity index is 465. The van der Waals surface area contributed by atoms with Crippen molar-refractivity contribution < 1.29 is 9.53 Å². The fraction of sp³-hybridized carbons (Fsp3) is 0.429. The van der Waals surface area contributed by atoms with Crippen molar-refractivity contribution in [3.05, 3.63) is 29.8 Å². The lowest BCUT2D eigenvalue weighted by atomic mass is 9.95. The number of esters is 1. The molecule has 0 radical (unpaired) electrons. The minimum absolute atomic E-state index is 0.322. The molecule has 0 aromatic heterocycles. The number of carbonyl (C=O) groups excluding carboxylic acids is 1. The lowest BCUT2D eigenvalue weighted by molar-refractivity contribution is -0.145. The molecule has 96 valence electrons. The number of nitriles is 1. The van der Waals surface area contributed by atoms with E-state index in [1.165, 1.54) is 7.11 Å². The molecule has 4 heteroatoms. The molecular weight excluding hydrogens is 228 g/mol. The zero-order chi connectivity index (χ0) is 13.6. The zero-order valence-corrected chi connectivity index (χ0v) is 11.0. The van der Waals surface area contributed by atoms with Crippen LogP contribution in [-0.4, -0.2) is 18.6 Å². The lowest BCUT2D eigenvalue weighted by Gasteiger charge is -2.29. The van der Waals surface area contributed by atoms with Gasteiger partial charge in [0.05, 0.1) is 18.4 Å². The Labute approximate surface area is 108 Å². The average Bonchev–Trinajstić information content (AvgIpc) is 2.38. The minimum Gasteiger partial charge on any atom is -0.467 e. The number of methoxy groups -OCH3 is 1. The second-order valence-electron chi connectivity index (χ2n) is 4.36. The molecule has 0 aliphatic rings. The summed E-state index contributed by atoms with van der Waals surface area (Å²) >= 11 is 0. The first kappa shape index (κ1) is 14.0. The van der Waals surface area contributed by atoms with Crippen LogP contribution < -0.4 is 5.32 Å². The fourth-order valence-corrected chi connectivity index (χ4v) is 1.93. The number of hydrogen-bond donors (Lipinski definition) is 1. The molecule has 1 N–H and O–H groups in total. The van der Waals surface area contributed by atoms with E-state index in [9.17, 15) is 4.79 Å². The van der Waals surface area contributed by atoms with Gasteiger partial charge in [-0.3, -0.25) is 0 Å². The molecule has 0 bridgehead atoms. The van der Waals surface area contributed by atoms with E-state index in [0.29, 0.717) is 17.7 Å². The van der Waals surface area contributed by atoms with Crippen molar-refractivity contribution in [1.82, 2.24) is 0 Å². The molecule has 1 atom stereocenters. The highest BCUT2D eigenvalue weighted by molar-refractivity contribution is 5.84. The third kappa shape index (κ3) is 3.01. The summed E-state index contributed by atoms with van der Waals surface area (Å²) in [5, 5.41) is 12.2. The Morgan fingerprint density at radius 3 is 2.72 bits per heavy atom. The van der Waals surface area contributed by atoms with Crippen LogP contribution in [0.1, 0.15) is 32.3 Å². The van der Waals surface area contributed by atoms with Crippen LogP contribution in [0.3, 0.4) is 0 Å². The van der Waals surface area contributed by atoms with Crippen molar-refractivity contribution in [2.24, 2.45) is 0 Å². The highest BCUT2D eigenvalue weighted by Gasteiger charge is 2.33. The number of benzene rings is 1. The van der Waals surface area contributed by atoms with E-state index in [0.717, 1.165) is 6.42 Å². The number of hydrogen-bond acceptors (Lipinski definition) is 4. The monoisotopic (exact) mass is 246 g/mol. The van der Waals surface area contributed by atoms with Crippen LogP contribution in [0.25, 0.3) is 0 Å². The molecule has 0 spiro atoms. The number of nitrogens with one attached hydrogen (secondary N) is 1. The van der Waals surface area contributed by atoms with Gasteiger partial charge in [-0.15, -0.1) is 0 Å². The van der Waals surface area contributed by atoms with Crippen molar-refractivity contribution in [3.63, 3.8) is 0 Å². The molecule has 0 heterocycles. The summed E-state index contributed by atoms with van der Waals surface area (Å²) in [5.41, 5.74) is 0.362. The fourth-order valence-electron chi connectivity index (χ4n) is 1.93. The summed E-state index contributed by atoms with van der Waals surface area (Å²) < 4.78 is 4.83. The van der Waals surface area contributed by atoms with Crippen LogP contribution in [-0.2, 0) is 9.53 Å². The zero-order valence-electron chi connectivity index (χ0n) is 11.0. The van der Waals surface area contributed by atoms with E-state index in [-0.39, 0.29) is 5.97 Å². The molecule has 0 aliphatic heterocycles. The Balaban J connectivity index is 3.04. The third-order valence-corrected chi connectivity index (χ3v) is 2.84. The average molecular weight is 246 g/mol. The molecule has 18 heavy (non-hydrogen) atoms. The van der Waals surface area contributed by atoms with Crippen molar-refractivity contribution in [2.45, 2.75) is 32.2 Å². The quantitative estimate of drug-likeness (QED) is 0.811. The first-order valence-electron chi connectivity index (χ1n) is 5.93. The van der Waals surface area contributed by atoms with E-state index < -0.39 is 5.54 Å². The standard InChI is InChI=1S/C14H18N2O2/c1-4-9-14(2,13(17)18-3)16-12-8-6-5-7-11(12)10-15/h5-8,16H,4,9H2,1-3H3. The number of rotatable bonds is 5. The Morgan fingerprint density at radius 2 is 2.17 bits per heavy atom. The van der Waals surface area contributed by atoms with E-state index in [1.54, 1.807) is 25.1 Å². The first-order chi connectivity index (χ1) is 8.57. The number of para-hydroxylation sites is 1. The van der Waals surface area contributed by atoms with Crippen molar-refractivity contribution in [3.8, 4) is 6.07 Å². The number of nitrogens with zero attached hydrogens (tertiary/aromatic N) is 1. The Morgan fingerprint density at radius 1 is 1.50 bits per heavy atom. The number of anilines is 1. The van der Waals surface area contributed by atoms with Gasteiger partial charge in [-0.1, -0.05) is 25.5 Å². The van der Waals surface area contributed by atoms with Crippen LogP contribution in [0.15, 0.2) is 24.3 Å². The molecule has 0 amide bonds. The predicted octanol–water partition coefficient (Wildman–Crippen LogP) is 2.70. The van der Waals surface area contributed by atoms with Gasteiger partial charge in [0.1, 0.15) is 11.6 Å². The van der Waals surface area contributed by atoms with Crippen LogP contribution >= 0.6 is 0 Å². The van der Waals surface area contributed by atoms with Crippen LogP contribution in [0.2, 0.25) is 0 Å². The SMILES string of the molecule is CCCC(C)(Nc1ccccc1C#N)C(=O)OC. The van der Waals surface area contributed by atoms with Crippen LogP contribution in [0.5, 0.6) is 0 Å². The second-order valence-corrected chi connectivity index (χ2v) is 4.36. The summed E-state index contributed by atoms with van der Waals surface area (Å²) in [7, 11) is 1.37. The van der Waals surface area contributed by atoms with Gasteiger partial charge in [0.15, 0.2) is 0 Å². The summed E-state index contributed by atoms with van der Waals surface area (Å²) in [6.45, 7) is 3.79. The normalized spacial score (nSPS) is 13.2. The van der Waals surface area contributed by atoms with Gasteiger partial charge in [-0.2, -0.15) is 5.26 Å². The van der Waals surface area contributed by atoms with Gasteiger partial charge < -0.3 is 10.1 Å². The molecule has 1 rings (SSSR count). The molecule has 0 saturated carbocycles. The Hall–Kier alpha value is -2.02. The molecule has 1 aromatic rings. The van der Waals surface area contributed by atoms with E-state index >= 15 is 0 Å². The third-order valence-electron chi connectivity index (χ3n) is 2.84. The maximum absolute atomic E-state index is 11.9. The van der Waals surface area contributed by atoms with Gasteiger partial charge in [-0.05, 0) is 25.5 Å². The van der Waals surface area contributed by atoms with E-state index in [4.69, 9.17) is 10.00 Å². The number of carbonyl (C=O) groups is 1.